The molecule has 3 aromatic rings. The van der Waals surface area contributed by atoms with Crippen LogP contribution in [0.1, 0.15) is 45.7 Å². The molecular weight excluding hydrogens is 462 g/mol. The summed E-state index contributed by atoms with van der Waals surface area (Å²) in [5.41, 5.74) is 2.38. The van der Waals surface area contributed by atoms with Crippen LogP contribution in [0, 0.1) is 5.41 Å². The lowest BCUT2D eigenvalue weighted by atomic mass is 9.97. The van der Waals surface area contributed by atoms with Gasteiger partial charge in [-0.3, -0.25) is 15.0 Å². The largest absolute Gasteiger partial charge is 0.355 e. The topological polar surface area (TPSA) is 98.2 Å². The minimum atomic E-state index is -0.339. The molecule has 1 saturated heterocycles. The molecule has 35 heavy (non-hydrogen) atoms. The first-order chi connectivity index (χ1) is 16.5. The molecule has 1 amide bonds. The first-order valence-electron chi connectivity index (χ1n) is 11.2. The summed E-state index contributed by atoms with van der Waals surface area (Å²) in [7, 11) is 0. The number of nitrogens with one attached hydrogen (secondary N) is 3. The van der Waals surface area contributed by atoms with Crippen molar-refractivity contribution in [3.8, 4) is 0 Å². The molecule has 0 unspecified atom stereocenters. The SMILES string of the molecule is C.N=C(c1ccc(C(=O)Cc2ccccc2C(=O)Nc2ccc(Cl)cn2)cc1)N1CCCNCC1. The van der Waals surface area contributed by atoms with Crippen LogP contribution in [0.3, 0.4) is 0 Å². The number of nitrogens with zero attached hydrogens (tertiary/aromatic N) is 2. The van der Waals surface area contributed by atoms with Crippen LogP contribution < -0.4 is 10.6 Å². The number of halogens is 1. The van der Waals surface area contributed by atoms with Gasteiger partial charge in [0.05, 0.1) is 5.02 Å². The van der Waals surface area contributed by atoms with Crippen LogP contribution in [-0.4, -0.2) is 53.6 Å². The number of ketones is 1. The number of anilines is 1. The van der Waals surface area contributed by atoms with Gasteiger partial charge in [-0.2, -0.15) is 0 Å². The fourth-order valence-corrected chi connectivity index (χ4v) is 3.98. The Bertz CT molecular complexity index is 1170. The predicted octanol–water partition coefficient (Wildman–Crippen LogP) is 4.67. The van der Waals surface area contributed by atoms with Crippen molar-refractivity contribution < 1.29 is 9.59 Å². The fraction of sp³-hybridized carbons (Fsp3) is 0.259. The molecule has 1 aliphatic heterocycles. The first kappa shape index (κ1) is 26.1. The molecule has 8 heteroatoms. The fourth-order valence-electron chi connectivity index (χ4n) is 3.87. The molecule has 0 atom stereocenters. The van der Waals surface area contributed by atoms with Crippen molar-refractivity contribution >= 4 is 34.9 Å². The number of hydrogen-bond donors (Lipinski definition) is 3. The van der Waals surface area contributed by atoms with E-state index in [9.17, 15) is 9.59 Å². The number of carbonyl (C=O) groups excluding carboxylic acids is 2. The third-order valence-electron chi connectivity index (χ3n) is 5.72. The maximum atomic E-state index is 13.0. The van der Waals surface area contributed by atoms with Crippen molar-refractivity contribution in [3.63, 3.8) is 0 Å². The summed E-state index contributed by atoms with van der Waals surface area (Å²) in [6.07, 6.45) is 2.55. The quantitative estimate of drug-likeness (QED) is 0.264. The highest BCUT2D eigenvalue weighted by Crippen LogP contribution is 2.17. The van der Waals surface area contributed by atoms with E-state index < -0.39 is 0 Å². The molecule has 0 aliphatic carbocycles. The van der Waals surface area contributed by atoms with Gasteiger partial charge in [-0.25, -0.2) is 4.98 Å². The zero-order valence-electron chi connectivity index (χ0n) is 18.7. The second kappa shape index (κ2) is 12.2. The van der Waals surface area contributed by atoms with Crippen molar-refractivity contribution in [2.24, 2.45) is 0 Å². The van der Waals surface area contributed by atoms with Crippen LogP contribution in [0.15, 0.2) is 66.9 Å². The van der Waals surface area contributed by atoms with Gasteiger partial charge in [0.2, 0.25) is 0 Å². The van der Waals surface area contributed by atoms with Gasteiger partial charge < -0.3 is 15.5 Å². The number of pyridine rings is 1. The highest BCUT2D eigenvalue weighted by atomic mass is 35.5. The Morgan fingerprint density at radius 1 is 1.00 bits per heavy atom. The van der Waals surface area contributed by atoms with Gasteiger partial charge in [-0.1, -0.05) is 61.5 Å². The smallest absolute Gasteiger partial charge is 0.257 e. The van der Waals surface area contributed by atoms with E-state index in [1.807, 2.05) is 12.1 Å². The van der Waals surface area contributed by atoms with Gasteiger partial charge in [-0.15, -0.1) is 0 Å². The number of amidine groups is 1. The van der Waals surface area contributed by atoms with Crippen molar-refractivity contribution in [1.29, 1.82) is 5.41 Å². The summed E-state index contributed by atoms with van der Waals surface area (Å²) in [6, 6.07) is 17.4. The van der Waals surface area contributed by atoms with E-state index in [0.29, 0.717) is 33.4 Å². The number of benzene rings is 2. The van der Waals surface area contributed by atoms with Crippen LogP contribution in [0.25, 0.3) is 0 Å². The van der Waals surface area contributed by atoms with E-state index in [4.69, 9.17) is 17.0 Å². The van der Waals surface area contributed by atoms with E-state index in [1.54, 1.807) is 48.5 Å². The van der Waals surface area contributed by atoms with E-state index in [1.165, 1.54) is 6.20 Å². The third kappa shape index (κ3) is 6.74. The van der Waals surface area contributed by atoms with Crippen LogP contribution in [0.5, 0.6) is 0 Å². The maximum Gasteiger partial charge on any atom is 0.257 e. The molecule has 182 valence electrons. The Morgan fingerprint density at radius 3 is 2.49 bits per heavy atom. The number of amides is 1. The second-order valence-electron chi connectivity index (χ2n) is 8.09. The Kier molecular flexibility index (Phi) is 9.11. The molecule has 4 rings (SSSR count). The van der Waals surface area contributed by atoms with Crippen LogP contribution in [0.4, 0.5) is 5.82 Å². The minimum absolute atomic E-state index is 0. The zero-order chi connectivity index (χ0) is 23.9. The van der Waals surface area contributed by atoms with Crippen LogP contribution in [0.2, 0.25) is 5.02 Å². The molecule has 0 bridgehead atoms. The normalized spacial score (nSPS) is 13.3. The Morgan fingerprint density at radius 2 is 1.74 bits per heavy atom. The van der Waals surface area contributed by atoms with Crippen molar-refractivity contribution in [1.82, 2.24) is 15.2 Å². The molecule has 0 spiro atoms. The standard InChI is InChI=1S/C26H26ClN5O2.CH4/c27-21-10-11-24(30-17-21)31-26(34)22-5-2-1-4-20(22)16-23(33)18-6-8-19(9-7-18)25(28)32-14-3-12-29-13-15-32;/h1-2,4-11,17,28-29H,3,12-16H2,(H,30,31,34);1H4. The molecule has 0 radical (unpaired) electrons. The lowest BCUT2D eigenvalue weighted by Gasteiger charge is -2.23. The van der Waals surface area contributed by atoms with E-state index in [2.05, 4.69) is 20.5 Å². The van der Waals surface area contributed by atoms with Gasteiger partial charge in [0, 0.05) is 48.9 Å². The second-order valence-corrected chi connectivity index (χ2v) is 8.53. The van der Waals surface area contributed by atoms with E-state index >= 15 is 0 Å². The summed E-state index contributed by atoms with van der Waals surface area (Å²) in [5.74, 6) is 0.421. The van der Waals surface area contributed by atoms with E-state index in [0.717, 1.165) is 38.2 Å². The average Bonchev–Trinajstić information content (AvgIpc) is 3.15. The summed E-state index contributed by atoms with van der Waals surface area (Å²) < 4.78 is 0. The third-order valence-corrected chi connectivity index (χ3v) is 5.94. The number of hydrogen-bond acceptors (Lipinski definition) is 5. The number of rotatable bonds is 6. The molecule has 2 aromatic carbocycles. The molecule has 7 nitrogen and oxygen atoms in total. The number of Topliss-reactive ketones (excluding diaryl/α,β-unsaturated/α-hetero) is 1. The van der Waals surface area contributed by atoms with Crippen LogP contribution in [-0.2, 0) is 6.42 Å². The van der Waals surface area contributed by atoms with Gasteiger partial charge in [0.15, 0.2) is 5.78 Å². The lowest BCUT2D eigenvalue weighted by Crippen LogP contribution is -2.34. The first-order valence-corrected chi connectivity index (χ1v) is 11.6. The minimum Gasteiger partial charge on any atom is -0.355 e. The molecule has 1 fully saturated rings. The Labute approximate surface area is 211 Å². The highest BCUT2D eigenvalue weighted by Gasteiger charge is 2.17. The monoisotopic (exact) mass is 491 g/mol. The molecule has 2 heterocycles. The Balaban J connectivity index is 0.00000342. The van der Waals surface area contributed by atoms with Crippen LogP contribution >= 0.6 is 11.6 Å². The molecule has 3 N–H and O–H groups in total. The summed E-state index contributed by atoms with van der Waals surface area (Å²) in [6.45, 7) is 3.47. The van der Waals surface area contributed by atoms with Gasteiger partial charge in [0.1, 0.15) is 11.7 Å². The zero-order valence-corrected chi connectivity index (χ0v) is 19.4. The average molecular weight is 492 g/mol. The lowest BCUT2D eigenvalue weighted by molar-refractivity contribution is 0.0992. The number of carbonyl (C=O) groups is 2. The molecule has 1 aliphatic rings. The maximum absolute atomic E-state index is 13.0. The van der Waals surface area contributed by atoms with E-state index in [-0.39, 0.29) is 25.5 Å². The highest BCUT2D eigenvalue weighted by molar-refractivity contribution is 6.30. The predicted molar refractivity (Wildman–Crippen MR) is 141 cm³/mol. The molecule has 0 saturated carbocycles. The van der Waals surface area contributed by atoms with Gasteiger partial charge in [-0.05, 0) is 36.7 Å². The molecule has 1 aromatic heterocycles. The molecular formula is C27H30ClN5O2. The summed E-state index contributed by atoms with van der Waals surface area (Å²) in [4.78, 5) is 31.9. The summed E-state index contributed by atoms with van der Waals surface area (Å²) in [5, 5.41) is 15.1. The van der Waals surface area contributed by atoms with Gasteiger partial charge >= 0.3 is 0 Å². The Hall–Kier alpha value is -3.55. The van der Waals surface area contributed by atoms with Gasteiger partial charge in [0.25, 0.3) is 5.91 Å². The summed E-state index contributed by atoms with van der Waals surface area (Å²) >= 11 is 5.85. The van der Waals surface area contributed by atoms with Crippen molar-refractivity contribution in [3.05, 3.63) is 94.1 Å². The van der Waals surface area contributed by atoms with Crippen molar-refractivity contribution in [2.45, 2.75) is 20.3 Å². The number of aromatic nitrogens is 1. The van der Waals surface area contributed by atoms with Crippen molar-refractivity contribution in [2.75, 3.05) is 31.5 Å².